The third-order valence-corrected chi connectivity index (χ3v) is 4.60. The van der Waals surface area contributed by atoms with Crippen molar-refractivity contribution < 1.29 is 14.3 Å². The summed E-state index contributed by atoms with van der Waals surface area (Å²) in [6, 6.07) is 24.2. The maximum Gasteiger partial charge on any atom is 0.336 e. The predicted molar refractivity (Wildman–Crippen MR) is 121 cm³/mol. The smallest absolute Gasteiger partial charge is 0.336 e. The fourth-order valence-electron chi connectivity index (χ4n) is 2.83. The van der Waals surface area contributed by atoms with E-state index in [-0.39, 0.29) is 5.78 Å². The summed E-state index contributed by atoms with van der Waals surface area (Å²) in [5.74, 6) is 0.293. The van der Waals surface area contributed by atoms with Gasteiger partial charge < -0.3 is 4.74 Å². The monoisotopic (exact) mass is 396 g/mol. The van der Waals surface area contributed by atoms with E-state index >= 15 is 0 Å². The zero-order valence-electron chi connectivity index (χ0n) is 17.1. The largest absolute Gasteiger partial charge is 0.423 e. The van der Waals surface area contributed by atoms with E-state index in [1.165, 1.54) is 11.6 Å². The van der Waals surface area contributed by atoms with Gasteiger partial charge in [0.1, 0.15) is 5.75 Å². The van der Waals surface area contributed by atoms with Crippen LogP contribution in [-0.2, 0) is 4.79 Å². The fraction of sp³-hybridized carbons (Fsp3) is 0.111. The summed E-state index contributed by atoms with van der Waals surface area (Å²) in [6.07, 6.45) is 6.42. The molecule has 0 aliphatic rings. The lowest BCUT2D eigenvalue weighted by atomic mass is 10.0. The molecule has 0 amide bonds. The summed E-state index contributed by atoms with van der Waals surface area (Å²) in [6.45, 7) is 4.30. The van der Waals surface area contributed by atoms with Crippen LogP contribution in [0.4, 0.5) is 0 Å². The van der Waals surface area contributed by atoms with Crippen molar-refractivity contribution in [2.75, 3.05) is 0 Å². The first kappa shape index (κ1) is 21.0. The van der Waals surface area contributed by atoms with E-state index in [9.17, 15) is 9.59 Å². The second-order valence-electron chi connectivity index (χ2n) is 7.21. The van der Waals surface area contributed by atoms with Gasteiger partial charge in [-0.1, -0.05) is 74.5 Å². The van der Waals surface area contributed by atoms with Gasteiger partial charge in [-0.05, 0) is 59.0 Å². The van der Waals surface area contributed by atoms with Crippen LogP contribution in [0.3, 0.4) is 0 Å². The normalized spacial score (nSPS) is 11.3. The van der Waals surface area contributed by atoms with Crippen molar-refractivity contribution in [1.82, 2.24) is 0 Å². The van der Waals surface area contributed by atoms with E-state index in [1.807, 2.05) is 42.5 Å². The van der Waals surface area contributed by atoms with Gasteiger partial charge in [0, 0.05) is 11.6 Å². The van der Waals surface area contributed by atoms with E-state index in [0.717, 1.165) is 11.1 Å². The van der Waals surface area contributed by atoms with Gasteiger partial charge >= 0.3 is 5.97 Å². The molecule has 0 bridgehead atoms. The number of esters is 1. The molecule has 3 heteroatoms. The molecule has 0 N–H and O–H groups in total. The quantitative estimate of drug-likeness (QED) is 0.203. The Morgan fingerprint density at radius 2 is 1.33 bits per heavy atom. The van der Waals surface area contributed by atoms with Crippen LogP contribution in [0.25, 0.3) is 12.2 Å². The number of ether oxygens (including phenoxy) is 1. The SMILES string of the molecule is CC(C)c1ccc(C=CC(=O)c2ccc(OC(=O)/C=C/c3ccccc3)cc2)cc1. The van der Waals surface area contributed by atoms with Gasteiger partial charge in [0.25, 0.3) is 0 Å². The van der Waals surface area contributed by atoms with Crippen LogP contribution in [0.2, 0.25) is 0 Å². The molecule has 0 saturated carbocycles. The average Bonchev–Trinajstić information content (AvgIpc) is 2.77. The highest BCUT2D eigenvalue weighted by atomic mass is 16.5. The Morgan fingerprint density at radius 1 is 0.733 bits per heavy atom. The van der Waals surface area contributed by atoms with Gasteiger partial charge in [0.05, 0.1) is 0 Å². The Labute approximate surface area is 177 Å². The minimum absolute atomic E-state index is 0.107. The van der Waals surface area contributed by atoms with Crippen LogP contribution in [0, 0.1) is 0 Å². The molecule has 0 aromatic heterocycles. The van der Waals surface area contributed by atoms with Crippen LogP contribution in [0.5, 0.6) is 5.75 Å². The molecular formula is C27H24O3. The summed E-state index contributed by atoms with van der Waals surface area (Å²) >= 11 is 0. The summed E-state index contributed by atoms with van der Waals surface area (Å²) in [7, 11) is 0. The Kier molecular flexibility index (Phi) is 7.12. The minimum Gasteiger partial charge on any atom is -0.423 e. The standard InChI is InChI=1S/C27H24O3/c1-20(2)23-12-8-22(9-13-23)10-18-26(28)24-14-16-25(17-15-24)30-27(29)19-11-21-6-4-3-5-7-21/h3-20H,1-2H3/b18-10?,19-11+. The van der Waals surface area contributed by atoms with Gasteiger partial charge in [-0.25, -0.2) is 4.79 Å². The van der Waals surface area contributed by atoms with E-state index < -0.39 is 5.97 Å². The van der Waals surface area contributed by atoms with Gasteiger partial charge in [0.15, 0.2) is 5.78 Å². The number of carbonyl (C=O) groups is 2. The predicted octanol–water partition coefficient (Wildman–Crippen LogP) is 6.32. The topological polar surface area (TPSA) is 43.4 Å². The lowest BCUT2D eigenvalue weighted by molar-refractivity contribution is -0.128. The van der Waals surface area contributed by atoms with Gasteiger partial charge in [-0.2, -0.15) is 0 Å². The summed E-state index contributed by atoms with van der Waals surface area (Å²) in [5.41, 5.74) is 3.69. The fourth-order valence-corrected chi connectivity index (χ4v) is 2.83. The number of carbonyl (C=O) groups excluding carboxylic acids is 2. The number of ketones is 1. The second kappa shape index (κ2) is 10.2. The molecule has 0 aliphatic heterocycles. The summed E-state index contributed by atoms with van der Waals surface area (Å²) in [5, 5.41) is 0. The van der Waals surface area contributed by atoms with Crippen LogP contribution in [0.1, 0.15) is 46.8 Å². The van der Waals surface area contributed by atoms with Crippen LogP contribution in [0.15, 0.2) is 91.0 Å². The van der Waals surface area contributed by atoms with E-state index in [1.54, 1.807) is 42.5 Å². The first-order valence-corrected chi connectivity index (χ1v) is 9.88. The molecule has 0 aliphatic carbocycles. The minimum atomic E-state index is -0.470. The summed E-state index contributed by atoms with van der Waals surface area (Å²) < 4.78 is 5.28. The molecular weight excluding hydrogens is 372 g/mol. The maximum atomic E-state index is 12.4. The molecule has 30 heavy (non-hydrogen) atoms. The van der Waals surface area contributed by atoms with Crippen LogP contribution in [-0.4, -0.2) is 11.8 Å². The number of hydrogen-bond donors (Lipinski definition) is 0. The van der Waals surface area contributed by atoms with Crippen molar-refractivity contribution in [2.45, 2.75) is 19.8 Å². The van der Waals surface area contributed by atoms with Crippen molar-refractivity contribution in [3.63, 3.8) is 0 Å². The first-order valence-electron chi connectivity index (χ1n) is 9.88. The summed E-state index contributed by atoms with van der Waals surface area (Å²) in [4.78, 5) is 24.3. The molecule has 0 saturated heterocycles. The Hall–Kier alpha value is -3.72. The van der Waals surface area contributed by atoms with Crippen molar-refractivity contribution in [3.8, 4) is 5.75 Å². The average molecular weight is 396 g/mol. The lowest BCUT2D eigenvalue weighted by Crippen LogP contribution is -2.04. The van der Waals surface area contributed by atoms with E-state index in [4.69, 9.17) is 4.74 Å². The Morgan fingerprint density at radius 3 is 1.97 bits per heavy atom. The first-order chi connectivity index (χ1) is 14.5. The molecule has 3 rings (SSSR count). The van der Waals surface area contributed by atoms with Crippen molar-refractivity contribution in [1.29, 1.82) is 0 Å². The molecule has 0 atom stereocenters. The zero-order valence-corrected chi connectivity index (χ0v) is 17.1. The van der Waals surface area contributed by atoms with Crippen molar-refractivity contribution in [2.24, 2.45) is 0 Å². The van der Waals surface area contributed by atoms with E-state index in [2.05, 4.69) is 26.0 Å². The molecule has 0 unspecified atom stereocenters. The van der Waals surface area contributed by atoms with E-state index in [0.29, 0.717) is 17.2 Å². The maximum absolute atomic E-state index is 12.4. The molecule has 3 aromatic rings. The highest BCUT2D eigenvalue weighted by molar-refractivity contribution is 6.06. The molecule has 150 valence electrons. The number of rotatable bonds is 7. The zero-order chi connectivity index (χ0) is 21.3. The molecule has 3 aromatic carbocycles. The lowest BCUT2D eigenvalue weighted by Gasteiger charge is -2.04. The molecule has 0 radical (unpaired) electrons. The van der Waals surface area contributed by atoms with Crippen molar-refractivity contribution >= 4 is 23.9 Å². The van der Waals surface area contributed by atoms with Crippen molar-refractivity contribution in [3.05, 3.63) is 113 Å². The third-order valence-electron chi connectivity index (χ3n) is 4.60. The molecule has 0 fully saturated rings. The molecule has 3 nitrogen and oxygen atoms in total. The molecule has 0 spiro atoms. The van der Waals surface area contributed by atoms with Gasteiger partial charge in [0.2, 0.25) is 0 Å². The third kappa shape index (κ3) is 6.14. The van der Waals surface area contributed by atoms with Crippen LogP contribution < -0.4 is 4.74 Å². The number of benzene rings is 3. The number of hydrogen-bond acceptors (Lipinski definition) is 3. The van der Waals surface area contributed by atoms with Crippen LogP contribution >= 0.6 is 0 Å². The second-order valence-corrected chi connectivity index (χ2v) is 7.21. The van der Waals surface area contributed by atoms with Gasteiger partial charge in [-0.3, -0.25) is 4.79 Å². The number of allylic oxidation sites excluding steroid dienone is 1. The highest BCUT2D eigenvalue weighted by Crippen LogP contribution is 2.17. The Balaban J connectivity index is 1.57. The Bertz CT molecular complexity index is 1040. The van der Waals surface area contributed by atoms with Gasteiger partial charge in [-0.15, -0.1) is 0 Å². The molecule has 0 heterocycles. The highest BCUT2D eigenvalue weighted by Gasteiger charge is 2.05.